The van der Waals surface area contributed by atoms with Crippen molar-refractivity contribution >= 4 is 17.4 Å². The molecule has 106 valence electrons. The topological polar surface area (TPSA) is 85.7 Å². The van der Waals surface area contributed by atoms with Crippen molar-refractivity contribution < 1.29 is 9.94 Å². The van der Waals surface area contributed by atoms with Crippen LogP contribution < -0.4 is 10.5 Å². The van der Waals surface area contributed by atoms with Crippen LogP contribution in [0.15, 0.2) is 35.7 Å². The molecule has 6 nitrogen and oxygen atoms in total. The number of hydrogen-bond acceptors (Lipinski definition) is 4. The van der Waals surface area contributed by atoms with Crippen LogP contribution in [0, 0.1) is 0 Å². The molecule has 0 saturated carbocycles. The number of aryl methyl sites for hydroxylation is 1. The zero-order chi connectivity index (χ0) is 14.5. The summed E-state index contributed by atoms with van der Waals surface area (Å²) in [6.07, 6.45) is 4.46. The van der Waals surface area contributed by atoms with Crippen molar-refractivity contribution in [3.05, 3.63) is 41.2 Å². The smallest absolute Gasteiger partial charge is 0.171 e. The van der Waals surface area contributed by atoms with Gasteiger partial charge in [-0.2, -0.15) is 5.10 Å². The highest BCUT2D eigenvalue weighted by atomic mass is 35.5. The predicted molar refractivity (Wildman–Crippen MR) is 76.6 cm³/mol. The SMILES string of the molecule is CCCn1cc(Oc2ccc(/C(N)=N/O)c(Cl)c2)cn1. The summed E-state index contributed by atoms with van der Waals surface area (Å²) in [5.74, 6) is 1.14. The number of halogens is 1. The van der Waals surface area contributed by atoms with Gasteiger partial charge in [-0.25, -0.2) is 0 Å². The molecule has 0 amide bonds. The van der Waals surface area contributed by atoms with Gasteiger partial charge in [0, 0.05) is 18.2 Å². The Morgan fingerprint density at radius 1 is 1.50 bits per heavy atom. The van der Waals surface area contributed by atoms with Crippen LogP contribution >= 0.6 is 11.6 Å². The van der Waals surface area contributed by atoms with E-state index < -0.39 is 0 Å². The van der Waals surface area contributed by atoms with Crippen molar-refractivity contribution in [1.82, 2.24) is 9.78 Å². The van der Waals surface area contributed by atoms with E-state index >= 15 is 0 Å². The number of nitrogens with two attached hydrogens (primary N) is 1. The minimum absolute atomic E-state index is 0.0442. The molecule has 0 bridgehead atoms. The van der Waals surface area contributed by atoms with Crippen LogP contribution in [0.3, 0.4) is 0 Å². The molecule has 0 saturated heterocycles. The first kappa shape index (κ1) is 14.2. The monoisotopic (exact) mass is 294 g/mol. The molecule has 0 fully saturated rings. The van der Waals surface area contributed by atoms with Gasteiger partial charge in [0.05, 0.1) is 17.4 Å². The quantitative estimate of drug-likeness (QED) is 0.384. The molecule has 0 aliphatic rings. The van der Waals surface area contributed by atoms with Crippen LogP contribution in [0.1, 0.15) is 18.9 Å². The summed E-state index contributed by atoms with van der Waals surface area (Å²) < 4.78 is 7.45. The average molecular weight is 295 g/mol. The molecule has 0 radical (unpaired) electrons. The van der Waals surface area contributed by atoms with Crippen LogP contribution in [0.25, 0.3) is 0 Å². The molecule has 7 heteroatoms. The first-order valence-electron chi connectivity index (χ1n) is 6.11. The van der Waals surface area contributed by atoms with Crippen molar-refractivity contribution in [3.8, 4) is 11.5 Å². The number of oxime groups is 1. The maximum absolute atomic E-state index is 8.63. The van der Waals surface area contributed by atoms with Gasteiger partial charge < -0.3 is 15.7 Å². The predicted octanol–water partition coefficient (Wildman–Crippen LogP) is 2.83. The van der Waals surface area contributed by atoms with Gasteiger partial charge in [0.1, 0.15) is 5.75 Å². The molecule has 0 aliphatic heterocycles. The van der Waals surface area contributed by atoms with Gasteiger partial charge in [-0.1, -0.05) is 23.7 Å². The molecule has 0 unspecified atom stereocenters. The third kappa shape index (κ3) is 3.21. The number of benzene rings is 1. The Hall–Kier alpha value is -2.21. The third-order valence-electron chi connectivity index (χ3n) is 2.62. The van der Waals surface area contributed by atoms with Crippen molar-refractivity contribution in [3.63, 3.8) is 0 Å². The number of nitrogens with zero attached hydrogens (tertiary/aromatic N) is 3. The van der Waals surface area contributed by atoms with E-state index in [0.717, 1.165) is 13.0 Å². The summed E-state index contributed by atoms with van der Waals surface area (Å²) in [7, 11) is 0. The first-order chi connectivity index (χ1) is 9.63. The largest absolute Gasteiger partial charge is 0.454 e. The lowest BCUT2D eigenvalue weighted by Gasteiger charge is -2.06. The van der Waals surface area contributed by atoms with Gasteiger partial charge in [0.2, 0.25) is 0 Å². The van der Waals surface area contributed by atoms with E-state index in [-0.39, 0.29) is 5.84 Å². The van der Waals surface area contributed by atoms with E-state index in [1.165, 1.54) is 0 Å². The van der Waals surface area contributed by atoms with Crippen molar-refractivity contribution in [2.45, 2.75) is 19.9 Å². The van der Waals surface area contributed by atoms with E-state index in [1.807, 2.05) is 10.9 Å². The fourth-order valence-corrected chi connectivity index (χ4v) is 1.97. The van der Waals surface area contributed by atoms with E-state index in [1.54, 1.807) is 24.4 Å². The second-order valence-corrected chi connectivity index (χ2v) is 4.58. The van der Waals surface area contributed by atoms with Gasteiger partial charge in [0.15, 0.2) is 11.6 Å². The highest BCUT2D eigenvalue weighted by Gasteiger charge is 2.08. The molecule has 3 N–H and O–H groups in total. The zero-order valence-corrected chi connectivity index (χ0v) is 11.7. The van der Waals surface area contributed by atoms with E-state index in [4.69, 9.17) is 27.3 Å². The highest BCUT2D eigenvalue weighted by molar-refractivity contribution is 6.34. The molecule has 1 heterocycles. The molecule has 20 heavy (non-hydrogen) atoms. The van der Waals surface area contributed by atoms with Crippen molar-refractivity contribution in [1.29, 1.82) is 0 Å². The van der Waals surface area contributed by atoms with Crippen LogP contribution in [-0.2, 0) is 6.54 Å². The minimum Gasteiger partial charge on any atom is -0.454 e. The molecule has 1 aromatic heterocycles. The third-order valence-corrected chi connectivity index (χ3v) is 2.93. The average Bonchev–Trinajstić information content (AvgIpc) is 2.86. The summed E-state index contributed by atoms with van der Waals surface area (Å²) in [6, 6.07) is 4.92. The Morgan fingerprint density at radius 3 is 2.95 bits per heavy atom. The van der Waals surface area contributed by atoms with Crippen LogP contribution in [0.4, 0.5) is 0 Å². The number of amidine groups is 1. The van der Waals surface area contributed by atoms with E-state index in [9.17, 15) is 0 Å². The Bertz CT molecular complexity index is 625. The number of ether oxygens (including phenoxy) is 1. The zero-order valence-electron chi connectivity index (χ0n) is 11.0. The summed E-state index contributed by atoms with van der Waals surface area (Å²) in [5, 5.41) is 16.1. The van der Waals surface area contributed by atoms with Crippen molar-refractivity contribution in [2.75, 3.05) is 0 Å². The molecular weight excluding hydrogens is 280 g/mol. The Labute approximate surface area is 121 Å². The second kappa shape index (κ2) is 6.29. The van der Waals surface area contributed by atoms with Gasteiger partial charge in [-0.3, -0.25) is 4.68 Å². The normalized spacial score (nSPS) is 11.6. The van der Waals surface area contributed by atoms with Crippen LogP contribution in [0.2, 0.25) is 5.02 Å². The number of aromatic nitrogens is 2. The van der Waals surface area contributed by atoms with Crippen LogP contribution in [0.5, 0.6) is 11.5 Å². The minimum atomic E-state index is -0.0442. The molecule has 0 spiro atoms. The second-order valence-electron chi connectivity index (χ2n) is 4.17. The van der Waals surface area contributed by atoms with E-state index in [0.29, 0.717) is 22.1 Å². The summed E-state index contributed by atoms with van der Waals surface area (Å²) in [6.45, 7) is 2.92. The maximum atomic E-state index is 8.63. The summed E-state index contributed by atoms with van der Waals surface area (Å²) in [4.78, 5) is 0. The summed E-state index contributed by atoms with van der Waals surface area (Å²) >= 11 is 6.05. The lowest BCUT2D eigenvalue weighted by atomic mass is 10.2. The van der Waals surface area contributed by atoms with Gasteiger partial charge in [0.25, 0.3) is 0 Å². The van der Waals surface area contributed by atoms with E-state index in [2.05, 4.69) is 17.2 Å². The molecule has 1 aromatic carbocycles. The fourth-order valence-electron chi connectivity index (χ4n) is 1.71. The molecule has 2 aromatic rings. The van der Waals surface area contributed by atoms with Gasteiger partial charge >= 0.3 is 0 Å². The maximum Gasteiger partial charge on any atom is 0.171 e. The Morgan fingerprint density at radius 2 is 2.30 bits per heavy atom. The molecule has 2 rings (SSSR count). The Balaban J connectivity index is 2.15. The van der Waals surface area contributed by atoms with Crippen molar-refractivity contribution in [2.24, 2.45) is 10.9 Å². The number of rotatable bonds is 5. The van der Waals surface area contributed by atoms with Gasteiger partial charge in [-0.15, -0.1) is 0 Å². The fraction of sp³-hybridized carbons (Fsp3) is 0.231. The standard InChI is InChI=1S/C13H15ClN4O2/c1-2-5-18-8-10(7-16-18)20-9-3-4-11(12(14)6-9)13(15)17-19/h3-4,6-8,19H,2,5H2,1H3,(H2,15,17). The van der Waals surface area contributed by atoms with Gasteiger partial charge in [-0.05, 0) is 18.6 Å². The van der Waals surface area contributed by atoms with Crippen LogP contribution in [-0.4, -0.2) is 20.8 Å². The lowest BCUT2D eigenvalue weighted by Crippen LogP contribution is -2.13. The number of hydrogen-bond donors (Lipinski definition) is 2. The Kier molecular flexibility index (Phi) is 4.47. The molecular formula is C13H15ClN4O2. The lowest BCUT2D eigenvalue weighted by molar-refractivity contribution is 0.318. The molecule has 0 aliphatic carbocycles. The summed E-state index contributed by atoms with van der Waals surface area (Å²) in [5.41, 5.74) is 5.94. The highest BCUT2D eigenvalue weighted by Crippen LogP contribution is 2.26. The first-order valence-corrected chi connectivity index (χ1v) is 6.49. The molecule has 0 atom stereocenters.